The van der Waals surface area contributed by atoms with E-state index in [2.05, 4.69) is 254 Å². The zero-order valence-electron chi connectivity index (χ0n) is 36.7. The maximum absolute atomic E-state index is 2.49. The molecule has 2 heteroatoms. The Morgan fingerprint density at radius 1 is 0.385 bits per heavy atom. The third-order valence-electron chi connectivity index (χ3n) is 14.0. The number of anilines is 2. The molecule has 0 radical (unpaired) electrons. The fourth-order valence-electron chi connectivity index (χ4n) is 10.6. The molecular weight excluding hydrogens is 785 g/mol. The first kappa shape index (κ1) is 38.7. The fraction of sp³-hybridized carbons (Fsp3) is 0.0794. The minimum Gasteiger partial charge on any atom is -0.314 e. The van der Waals surface area contributed by atoms with Gasteiger partial charge >= 0.3 is 0 Å². The van der Waals surface area contributed by atoms with E-state index in [9.17, 15) is 0 Å². The molecular formula is C63H48N2. The Morgan fingerprint density at radius 3 is 1.71 bits per heavy atom. The molecule has 10 aromatic rings. The van der Waals surface area contributed by atoms with Crippen LogP contribution in [0.5, 0.6) is 0 Å². The van der Waals surface area contributed by atoms with Crippen LogP contribution in [0, 0.1) is 0 Å². The topological polar surface area (TPSA) is 8.17 Å². The van der Waals surface area contributed by atoms with Crippen LogP contribution in [-0.4, -0.2) is 4.57 Å². The number of aromatic nitrogens is 1. The summed E-state index contributed by atoms with van der Waals surface area (Å²) in [5.74, 6) is 0. The largest absolute Gasteiger partial charge is 0.314 e. The van der Waals surface area contributed by atoms with Gasteiger partial charge in [0.25, 0.3) is 0 Å². The normalized spacial score (nSPS) is 13.9. The summed E-state index contributed by atoms with van der Waals surface area (Å²) in [6, 6.07) is 80.3. The van der Waals surface area contributed by atoms with Crippen LogP contribution >= 0.6 is 0 Å². The number of hydrogen-bond donors (Lipinski definition) is 0. The van der Waals surface area contributed by atoms with E-state index >= 15 is 0 Å². The van der Waals surface area contributed by atoms with Crippen molar-refractivity contribution in [1.82, 2.24) is 4.57 Å². The Bertz CT molecular complexity index is 3480. The van der Waals surface area contributed by atoms with Gasteiger partial charge in [-0.05, 0) is 123 Å². The van der Waals surface area contributed by atoms with E-state index in [0.29, 0.717) is 0 Å². The Morgan fingerprint density at radius 2 is 0.954 bits per heavy atom. The Labute approximate surface area is 381 Å². The van der Waals surface area contributed by atoms with Gasteiger partial charge in [0.15, 0.2) is 0 Å². The van der Waals surface area contributed by atoms with Gasteiger partial charge < -0.3 is 9.47 Å². The summed E-state index contributed by atoms with van der Waals surface area (Å²) in [7, 11) is 0. The summed E-state index contributed by atoms with van der Waals surface area (Å²) in [6.07, 6.45) is 6.61. The van der Waals surface area contributed by atoms with Crippen molar-refractivity contribution >= 4 is 38.8 Å². The van der Waals surface area contributed by atoms with Gasteiger partial charge in [-0.25, -0.2) is 0 Å². The van der Waals surface area contributed by atoms with Crippen LogP contribution in [0.2, 0.25) is 0 Å². The van der Waals surface area contributed by atoms with Crippen molar-refractivity contribution < 1.29 is 0 Å². The quantitative estimate of drug-likeness (QED) is 0.148. The van der Waals surface area contributed by atoms with E-state index in [4.69, 9.17) is 0 Å². The molecule has 310 valence electrons. The summed E-state index contributed by atoms with van der Waals surface area (Å²) in [4.78, 5) is 2.49. The van der Waals surface area contributed by atoms with Crippen LogP contribution < -0.4 is 4.90 Å². The first-order chi connectivity index (χ1) is 32.0. The number of allylic oxidation sites excluding steroid dienone is 4. The molecule has 2 aliphatic rings. The molecule has 12 rings (SSSR count). The third-order valence-corrected chi connectivity index (χ3v) is 14.0. The van der Waals surface area contributed by atoms with Crippen molar-refractivity contribution in [2.45, 2.75) is 32.1 Å². The molecule has 0 atom stereocenters. The Kier molecular flexibility index (Phi) is 9.35. The molecule has 0 bridgehead atoms. The minimum absolute atomic E-state index is 0.0825. The van der Waals surface area contributed by atoms with Crippen LogP contribution in [0.25, 0.3) is 77.6 Å². The monoisotopic (exact) mass is 832 g/mol. The van der Waals surface area contributed by atoms with E-state index in [0.717, 1.165) is 18.5 Å². The fourth-order valence-corrected chi connectivity index (χ4v) is 10.6. The molecule has 9 aromatic carbocycles. The van der Waals surface area contributed by atoms with Crippen LogP contribution in [0.1, 0.15) is 43.4 Å². The zero-order valence-corrected chi connectivity index (χ0v) is 36.7. The molecule has 0 unspecified atom stereocenters. The van der Waals surface area contributed by atoms with E-state index in [1.54, 1.807) is 0 Å². The average molecular weight is 833 g/mol. The van der Waals surface area contributed by atoms with Gasteiger partial charge in [-0.3, -0.25) is 0 Å². The first-order valence-corrected chi connectivity index (χ1v) is 22.9. The molecule has 1 heterocycles. The third kappa shape index (κ3) is 6.64. The lowest BCUT2D eigenvalue weighted by Gasteiger charge is -2.31. The molecule has 1 aromatic heterocycles. The van der Waals surface area contributed by atoms with Gasteiger partial charge in [0.2, 0.25) is 0 Å². The number of nitrogens with zero attached hydrogens (tertiary/aromatic N) is 2. The molecule has 2 aliphatic carbocycles. The maximum Gasteiger partial charge on any atom is 0.0547 e. The Balaban J connectivity index is 0.897. The summed E-state index contributed by atoms with van der Waals surface area (Å²) < 4.78 is 2.45. The lowest BCUT2D eigenvalue weighted by Crippen LogP contribution is -2.20. The highest BCUT2D eigenvalue weighted by molar-refractivity contribution is 6.10. The van der Waals surface area contributed by atoms with Crippen molar-refractivity contribution in [2.24, 2.45) is 0 Å². The predicted octanol–water partition coefficient (Wildman–Crippen LogP) is 17.0. The maximum atomic E-state index is 2.49. The predicted molar refractivity (Wildman–Crippen MR) is 275 cm³/mol. The first-order valence-electron chi connectivity index (χ1n) is 22.9. The standard InChI is InChI=1S/C63H48N2/c1-63(2)58-22-12-9-20-54(58)55-40-38-52(42-59(55)63)64(50-34-29-46(30-35-50)43-15-5-3-6-16-43)51-36-31-47(32-37-51)45-25-27-48(28-26-45)53-19-10-13-23-60(53)65-61-24-14-11-21-56(61)57-39-33-49(41-62(57)65)44-17-7-4-8-18-44/h3-29,31-34,36-42H,30,35H2,1-2H3. The molecule has 65 heavy (non-hydrogen) atoms. The number of fused-ring (bicyclic) bond motifs is 6. The SMILES string of the molecule is CC1(C)c2ccccc2-c2ccc(N(C3=CC=C(c4ccccc4)CC3)c3ccc(-c4ccc(-c5ccccc5-n5c6ccccc6c6ccc(-c7ccccc7)cc65)cc4)cc3)cc21. The minimum atomic E-state index is -0.0825. The molecule has 0 saturated heterocycles. The van der Waals surface area contributed by atoms with Crippen molar-refractivity contribution in [1.29, 1.82) is 0 Å². The summed E-state index contributed by atoms with van der Waals surface area (Å²) >= 11 is 0. The highest BCUT2D eigenvalue weighted by atomic mass is 15.1. The van der Waals surface area contributed by atoms with Crippen molar-refractivity contribution in [2.75, 3.05) is 4.90 Å². The van der Waals surface area contributed by atoms with E-state index in [1.807, 2.05) is 0 Å². The van der Waals surface area contributed by atoms with Gasteiger partial charge in [0.1, 0.15) is 0 Å². The van der Waals surface area contributed by atoms with Crippen LogP contribution in [-0.2, 0) is 5.41 Å². The molecule has 0 aliphatic heterocycles. The van der Waals surface area contributed by atoms with Crippen molar-refractivity contribution in [3.8, 4) is 50.2 Å². The van der Waals surface area contributed by atoms with Gasteiger partial charge in [-0.1, -0.05) is 196 Å². The molecule has 0 amide bonds. The van der Waals surface area contributed by atoms with Crippen molar-refractivity contribution in [3.05, 3.63) is 253 Å². The van der Waals surface area contributed by atoms with Gasteiger partial charge in [-0.2, -0.15) is 0 Å². The highest BCUT2D eigenvalue weighted by Gasteiger charge is 2.36. The van der Waals surface area contributed by atoms with Gasteiger partial charge in [0.05, 0.1) is 16.7 Å². The number of hydrogen-bond acceptors (Lipinski definition) is 1. The summed E-state index contributed by atoms with van der Waals surface area (Å²) in [6.45, 7) is 4.73. The number of para-hydroxylation sites is 2. The summed E-state index contributed by atoms with van der Waals surface area (Å²) in [5.41, 5.74) is 22.5. The van der Waals surface area contributed by atoms with Gasteiger partial charge in [0, 0.05) is 38.8 Å². The van der Waals surface area contributed by atoms with Crippen LogP contribution in [0.3, 0.4) is 0 Å². The van der Waals surface area contributed by atoms with E-state index in [-0.39, 0.29) is 5.41 Å². The summed E-state index contributed by atoms with van der Waals surface area (Å²) in [5, 5.41) is 2.51. The zero-order chi connectivity index (χ0) is 43.5. The molecule has 0 saturated carbocycles. The van der Waals surface area contributed by atoms with E-state index < -0.39 is 0 Å². The van der Waals surface area contributed by atoms with Crippen LogP contribution in [0.4, 0.5) is 11.4 Å². The van der Waals surface area contributed by atoms with Crippen molar-refractivity contribution in [3.63, 3.8) is 0 Å². The average Bonchev–Trinajstić information content (AvgIpc) is 3.82. The lowest BCUT2D eigenvalue weighted by atomic mass is 9.82. The number of rotatable bonds is 8. The van der Waals surface area contributed by atoms with Gasteiger partial charge in [-0.15, -0.1) is 0 Å². The molecule has 0 spiro atoms. The lowest BCUT2D eigenvalue weighted by molar-refractivity contribution is 0.660. The smallest absolute Gasteiger partial charge is 0.0547 e. The second kappa shape index (κ2) is 15.7. The molecule has 0 fully saturated rings. The second-order valence-corrected chi connectivity index (χ2v) is 18.0. The Hall–Kier alpha value is -7.94. The molecule has 2 nitrogen and oxygen atoms in total. The highest BCUT2D eigenvalue weighted by Crippen LogP contribution is 2.51. The van der Waals surface area contributed by atoms with Crippen LogP contribution in [0.15, 0.2) is 236 Å². The van der Waals surface area contributed by atoms with E-state index in [1.165, 1.54) is 106 Å². The molecule has 0 N–H and O–H groups in total. The second-order valence-electron chi connectivity index (χ2n) is 18.0. The number of benzene rings is 9.